The minimum atomic E-state index is -0.996. The van der Waals surface area contributed by atoms with Gasteiger partial charge in [-0.15, -0.1) is 0 Å². The Morgan fingerprint density at radius 1 is 0.884 bits per heavy atom. The van der Waals surface area contributed by atoms with Gasteiger partial charge < -0.3 is 24.8 Å². The van der Waals surface area contributed by atoms with E-state index in [-0.39, 0.29) is 35.2 Å². The van der Waals surface area contributed by atoms with E-state index in [0.717, 1.165) is 33.7 Å². The van der Waals surface area contributed by atoms with Crippen LogP contribution in [0.3, 0.4) is 0 Å². The molecule has 1 aliphatic heterocycles. The summed E-state index contributed by atoms with van der Waals surface area (Å²) in [7, 11) is 0. The molecule has 226 valence electrons. The van der Waals surface area contributed by atoms with Crippen LogP contribution in [0, 0.1) is 11.8 Å². The molecule has 0 saturated carbocycles. The molecule has 5 rings (SSSR count). The van der Waals surface area contributed by atoms with Crippen LogP contribution in [-0.4, -0.2) is 53.2 Å². The van der Waals surface area contributed by atoms with Crippen LogP contribution < -0.4 is 0 Å². The third kappa shape index (κ3) is 7.00. The summed E-state index contributed by atoms with van der Waals surface area (Å²) in [6.45, 7) is 5.72. The molecule has 1 aliphatic rings. The highest BCUT2D eigenvalue weighted by Gasteiger charge is 2.33. The standard InChI is InChI=1S/C36H40O7/c1-3-23(34-21-42-14-15-43-34)17-28(35(38)39)18-27(16-22(2)24-8-10-29(37)11-9-24)30-12-13-31(36(40)41)33-20-26-7-5-4-6-25(26)19-32(30)33/h4-13,19-20,22-23,27-28,34,37H,3,14-18,21H2,1-2H3,(H,38,39)(H,40,41). The summed E-state index contributed by atoms with van der Waals surface area (Å²) in [4.78, 5) is 25.1. The molecule has 1 fully saturated rings. The Balaban J connectivity index is 1.58. The molecule has 1 saturated heterocycles. The van der Waals surface area contributed by atoms with Gasteiger partial charge in [-0.1, -0.05) is 62.7 Å². The number of ether oxygens (including phenoxy) is 2. The van der Waals surface area contributed by atoms with Crippen LogP contribution >= 0.6 is 0 Å². The molecule has 43 heavy (non-hydrogen) atoms. The second-order valence-electron chi connectivity index (χ2n) is 11.8. The molecule has 5 atom stereocenters. The zero-order chi connectivity index (χ0) is 30.5. The number of carboxylic acid groups (broad SMARTS) is 2. The number of hydrogen-bond acceptors (Lipinski definition) is 5. The maximum absolute atomic E-state index is 12.8. The molecular weight excluding hydrogens is 544 g/mol. The van der Waals surface area contributed by atoms with E-state index in [4.69, 9.17) is 9.47 Å². The molecule has 5 unspecified atom stereocenters. The Hall–Kier alpha value is -3.94. The van der Waals surface area contributed by atoms with Crippen LogP contribution in [0.25, 0.3) is 21.5 Å². The average Bonchev–Trinajstić information content (AvgIpc) is 3.01. The molecule has 4 aromatic carbocycles. The number of aliphatic carboxylic acids is 1. The van der Waals surface area contributed by atoms with E-state index in [1.54, 1.807) is 18.2 Å². The first kappa shape index (κ1) is 30.5. The van der Waals surface area contributed by atoms with E-state index in [2.05, 4.69) is 13.8 Å². The fraction of sp³-hybridized carbons (Fsp3) is 0.389. The molecule has 0 aliphatic carbocycles. The fourth-order valence-corrected chi connectivity index (χ4v) is 6.68. The first-order valence-electron chi connectivity index (χ1n) is 15.1. The molecule has 1 heterocycles. The lowest BCUT2D eigenvalue weighted by atomic mass is 9.76. The zero-order valence-electron chi connectivity index (χ0n) is 24.7. The molecule has 0 aromatic heterocycles. The predicted molar refractivity (Wildman–Crippen MR) is 167 cm³/mol. The summed E-state index contributed by atoms with van der Waals surface area (Å²) in [5, 5.41) is 33.8. The van der Waals surface area contributed by atoms with Gasteiger partial charge in [0, 0.05) is 0 Å². The Morgan fingerprint density at radius 2 is 1.58 bits per heavy atom. The van der Waals surface area contributed by atoms with Crippen molar-refractivity contribution >= 4 is 33.5 Å². The number of benzene rings is 4. The summed E-state index contributed by atoms with van der Waals surface area (Å²) in [6.07, 6.45) is 2.18. The van der Waals surface area contributed by atoms with Gasteiger partial charge in [0.1, 0.15) is 5.75 Å². The highest BCUT2D eigenvalue weighted by atomic mass is 16.6. The largest absolute Gasteiger partial charge is 0.508 e. The number of rotatable bonds is 12. The lowest BCUT2D eigenvalue weighted by molar-refractivity contribution is -0.145. The number of phenols is 1. The second kappa shape index (κ2) is 13.6. The molecule has 0 radical (unpaired) electrons. The quantitative estimate of drug-likeness (QED) is 0.147. The van der Waals surface area contributed by atoms with E-state index < -0.39 is 17.9 Å². The third-order valence-corrected chi connectivity index (χ3v) is 9.08. The van der Waals surface area contributed by atoms with Crippen LogP contribution in [0.4, 0.5) is 0 Å². The minimum Gasteiger partial charge on any atom is -0.508 e. The van der Waals surface area contributed by atoms with Crippen molar-refractivity contribution in [1.29, 1.82) is 0 Å². The predicted octanol–water partition coefficient (Wildman–Crippen LogP) is 7.60. The highest BCUT2D eigenvalue weighted by Crippen LogP contribution is 2.41. The number of fused-ring (bicyclic) bond motifs is 2. The van der Waals surface area contributed by atoms with Crippen molar-refractivity contribution in [3.63, 3.8) is 0 Å². The van der Waals surface area contributed by atoms with Gasteiger partial charge >= 0.3 is 11.9 Å². The second-order valence-corrected chi connectivity index (χ2v) is 11.8. The number of aromatic carboxylic acids is 1. The average molecular weight is 585 g/mol. The lowest BCUT2D eigenvalue weighted by Gasteiger charge is -2.33. The number of hydrogen-bond donors (Lipinski definition) is 3. The molecule has 0 spiro atoms. The van der Waals surface area contributed by atoms with Crippen molar-refractivity contribution in [1.82, 2.24) is 0 Å². The van der Waals surface area contributed by atoms with Crippen molar-refractivity contribution in [2.24, 2.45) is 11.8 Å². The monoisotopic (exact) mass is 584 g/mol. The molecule has 7 nitrogen and oxygen atoms in total. The van der Waals surface area contributed by atoms with Gasteiger partial charge in [-0.2, -0.15) is 0 Å². The number of carbonyl (C=O) groups is 2. The van der Waals surface area contributed by atoms with E-state index >= 15 is 0 Å². The summed E-state index contributed by atoms with van der Waals surface area (Å²) >= 11 is 0. The van der Waals surface area contributed by atoms with Gasteiger partial charge in [0.05, 0.1) is 37.4 Å². The summed E-state index contributed by atoms with van der Waals surface area (Å²) in [6, 6.07) is 22.5. The van der Waals surface area contributed by atoms with Crippen LogP contribution in [0.5, 0.6) is 5.75 Å². The molecule has 4 aromatic rings. The third-order valence-electron chi connectivity index (χ3n) is 9.08. The maximum atomic E-state index is 12.8. The van der Waals surface area contributed by atoms with Crippen LogP contribution in [0.15, 0.2) is 72.8 Å². The van der Waals surface area contributed by atoms with Gasteiger partial charge in [-0.05, 0) is 100 Å². The Labute approximate surface area is 252 Å². The fourth-order valence-electron chi connectivity index (χ4n) is 6.68. The van der Waals surface area contributed by atoms with Gasteiger partial charge in [0.25, 0.3) is 0 Å². The van der Waals surface area contributed by atoms with Gasteiger partial charge in [-0.25, -0.2) is 4.79 Å². The molecule has 7 heteroatoms. The van der Waals surface area contributed by atoms with Crippen LogP contribution in [0.2, 0.25) is 0 Å². The number of carboxylic acids is 2. The van der Waals surface area contributed by atoms with Crippen molar-refractivity contribution < 1.29 is 34.4 Å². The van der Waals surface area contributed by atoms with Crippen molar-refractivity contribution in [2.45, 2.75) is 57.5 Å². The zero-order valence-corrected chi connectivity index (χ0v) is 24.7. The van der Waals surface area contributed by atoms with Crippen molar-refractivity contribution in [3.05, 3.63) is 89.5 Å². The summed E-state index contributed by atoms with van der Waals surface area (Å²) < 4.78 is 11.6. The number of phenolic OH excluding ortho intramolecular Hbond substituents is 1. The van der Waals surface area contributed by atoms with Crippen molar-refractivity contribution in [2.75, 3.05) is 19.8 Å². The van der Waals surface area contributed by atoms with Crippen LogP contribution in [0.1, 0.15) is 72.9 Å². The molecule has 0 bridgehead atoms. The van der Waals surface area contributed by atoms with Crippen LogP contribution in [-0.2, 0) is 14.3 Å². The first-order chi connectivity index (χ1) is 20.7. The van der Waals surface area contributed by atoms with Gasteiger partial charge in [0.15, 0.2) is 0 Å². The molecule has 3 N–H and O–H groups in total. The first-order valence-corrected chi connectivity index (χ1v) is 15.1. The minimum absolute atomic E-state index is 0.0478. The summed E-state index contributed by atoms with van der Waals surface area (Å²) in [5.41, 5.74) is 2.23. The van der Waals surface area contributed by atoms with Gasteiger partial charge in [-0.3, -0.25) is 4.79 Å². The molecular formula is C36H40O7. The SMILES string of the molecule is CCC(CC(CC(CC(C)c1ccc(O)cc1)c1ccc(C(=O)O)c2cc3ccccc3cc12)C(=O)O)C1COCCO1. The highest BCUT2D eigenvalue weighted by molar-refractivity contribution is 6.09. The Kier molecular flexibility index (Phi) is 9.63. The topological polar surface area (TPSA) is 113 Å². The van der Waals surface area contributed by atoms with Crippen molar-refractivity contribution in [3.8, 4) is 5.75 Å². The lowest BCUT2D eigenvalue weighted by Crippen LogP contribution is -2.36. The van der Waals surface area contributed by atoms with E-state index in [1.165, 1.54) is 0 Å². The smallest absolute Gasteiger partial charge is 0.336 e. The number of aromatic hydroxyl groups is 1. The Bertz CT molecular complexity index is 1570. The van der Waals surface area contributed by atoms with E-state index in [9.17, 15) is 24.9 Å². The maximum Gasteiger partial charge on any atom is 0.336 e. The van der Waals surface area contributed by atoms with E-state index in [0.29, 0.717) is 44.5 Å². The molecule has 0 amide bonds. The van der Waals surface area contributed by atoms with E-state index in [1.807, 2.05) is 54.6 Å². The Morgan fingerprint density at radius 3 is 2.19 bits per heavy atom. The normalized spacial score (nSPS) is 18.2. The summed E-state index contributed by atoms with van der Waals surface area (Å²) in [5.74, 6) is -2.32. The van der Waals surface area contributed by atoms with Gasteiger partial charge in [0.2, 0.25) is 0 Å².